The fraction of sp³-hybridized carbons (Fsp3) is 0.458. The van der Waals surface area contributed by atoms with Gasteiger partial charge in [-0.1, -0.05) is 6.07 Å². The van der Waals surface area contributed by atoms with Gasteiger partial charge in [-0.2, -0.15) is 17.0 Å². The van der Waals surface area contributed by atoms with Crippen molar-refractivity contribution in [2.75, 3.05) is 38.7 Å². The van der Waals surface area contributed by atoms with Crippen LogP contribution in [0.4, 0.5) is 5.82 Å². The number of pyridine rings is 1. The van der Waals surface area contributed by atoms with Crippen LogP contribution in [0.25, 0.3) is 11.5 Å². The van der Waals surface area contributed by atoms with Crippen molar-refractivity contribution in [3.05, 3.63) is 47.0 Å². The summed E-state index contributed by atoms with van der Waals surface area (Å²) in [6.45, 7) is 3.27. The zero-order chi connectivity index (χ0) is 26.9. The molecule has 1 saturated heterocycles. The summed E-state index contributed by atoms with van der Waals surface area (Å²) in [6.07, 6.45) is 2.27. The number of hydrogen-bond acceptors (Lipinski definition) is 9. The molecule has 0 bridgehead atoms. The van der Waals surface area contributed by atoms with Gasteiger partial charge in [0.1, 0.15) is 17.3 Å². The van der Waals surface area contributed by atoms with E-state index in [0.29, 0.717) is 43.3 Å². The molecule has 2 aromatic heterocycles. The van der Waals surface area contributed by atoms with E-state index in [1.54, 1.807) is 37.3 Å². The predicted molar refractivity (Wildman–Crippen MR) is 138 cm³/mol. The number of rotatable bonds is 8. The third kappa shape index (κ3) is 4.99. The average Bonchev–Trinajstić information content (AvgIpc) is 3.65. The fourth-order valence-electron chi connectivity index (χ4n) is 4.74. The number of nitrogens with zero attached hydrogens (tertiary/aromatic N) is 7. The van der Waals surface area contributed by atoms with Crippen LogP contribution in [0.1, 0.15) is 47.3 Å². The van der Waals surface area contributed by atoms with Crippen molar-refractivity contribution in [2.45, 2.75) is 38.8 Å². The Hall–Kier alpha value is -3.46. The first-order valence-corrected chi connectivity index (χ1v) is 13.8. The number of hydrogen-bond donors (Lipinski definition) is 2. The third-order valence-corrected chi connectivity index (χ3v) is 8.84. The lowest BCUT2D eigenvalue weighted by atomic mass is 9.97. The Morgan fingerprint density at radius 2 is 1.95 bits per heavy atom. The second-order valence-corrected chi connectivity index (χ2v) is 11.3. The lowest BCUT2D eigenvalue weighted by molar-refractivity contribution is 0.102. The molecule has 0 aliphatic carbocycles. The number of anilines is 1. The molecular weight excluding hydrogens is 512 g/mol. The smallest absolute Gasteiger partial charge is 0.282 e. The first-order valence-electron chi connectivity index (χ1n) is 12.4. The van der Waals surface area contributed by atoms with Crippen molar-refractivity contribution in [3.8, 4) is 17.3 Å². The Morgan fingerprint density at radius 3 is 2.68 bits per heavy atom. The summed E-state index contributed by atoms with van der Waals surface area (Å²) in [6, 6.07) is 8.21. The summed E-state index contributed by atoms with van der Waals surface area (Å²) < 4.78 is 36.2. The Bertz CT molecular complexity index is 1440. The number of methoxy groups -OCH3 is 1. The molecule has 14 heteroatoms. The van der Waals surface area contributed by atoms with Gasteiger partial charge in [-0.05, 0) is 72.0 Å². The van der Waals surface area contributed by atoms with Gasteiger partial charge in [0.05, 0.1) is 25.3 Å². The van der Waals surface area contributed by atoms with E-state index in [1.807, 2.05) is 0 Å². The molecule has 0 unspecified atom stereocenters. The minimum absolute atomic E-state index is 0.149. The van der Waals surface area contributed by atoms with Gasteiger partial charge in [-0.15, -0.1) is 5.10 Å². The highest BCUT2D eigenvalue weighted by Gasteiger charge is 2.34. The van der Waals surface area contributed by atoms with Crippen LogP contribution in [-0.2, 0) is 23.2 Å². The number of fused-ring (bicyclic) bond motifs is 1. The summed E-state index contributed by atoms with van der Waals surface area (Å²) in [5.74, 6) is 0.580. The number of amides is 1. The molecule has 1 amide bonds. The van der Waals surface area contributed by atoms with Gasteiger partial charge in [-0.3, -0.25) is 4.79 Å². The number of aromatic nitrogens is 5. The second-order valence-electron chi connectivity index (χ2n) is 9.36. The van der Waals surface area contributed by atoms with Gasteiger partial charge in [0.15, 0.2) is 0 Å². The molecule has 2 N–H and O–H groups in total. The maximum atomic E-state index is 13.3. The van der Waals surface area contributed by atoms with Crippen LogP contribution in [0.3, 0.4) is 0 Å². The molecule has 202 valence electrons. The van der Waals surface area contributed by atoms with Crippen LogP contribution in [0.5, 0.6) is 5.75 Å². The summed E-state index contributed by atoms with van der Waals surface area (Å²) >= 11 is 0. The number of aliphatic hydroxyl groups is 1. The molecule has 1 fully saturated rings. The van der Waals surface area contributed by atoms with Crippen molar-refractivity contribution in [3.63, 3.8) is 0 Å². The minimum Gasteiger partial charge on any atom is -0.496 e. The first-order chi connectivity index (χ1) is 18.3. The maximum absolute atomic E-state index is 13.3. The van der Waals surface area contributed by atoms with E-state index in [-0.39, 0.29) is 30.6 Å². The van der Waals surface area contributed by atoms with Gasteiger partial charge in [0, 0.05) is 26.2 Å². The monoisotopic (exact) mass is 542 g/mol. The average molecular weight is 543 g/mol. The topological polar surface area (TPSA) is 156 Å². The molecule has 5 rings (SSSR count). The number of ether oxygens (including phenoxy) is 1. The zero-order valence-corrected chi connectivity index (χ0v) is 22.1. The lowest BCUT2D eigenvalue weighted by Crippen LogP contribution is -2.44. The minimum atomic E-state index is -3.55. The summed E-state index contributed by atoms with van der Waals surface area (Å²) in [5, 5.41) is 23.9. The number of nitrogens with one attached hydrogen (secondary N) is 1. The summed E-state index contributed by atoms with van der Waals surface area (Å²) in [5.41, 5.74) is 2.42. The van der Waals surface area contributed by atoms with Gasteiger partial charge < -0.3 is 15.2 Å². The molecule has 38 heavy (non-hydrogen) atoms. The van der Waals surface area contributed by atoms with Crippen LogP contribution in [0.15, 0.2) is 30.3 Å². The quantitative estimate of drug-likeness (QED) is 0.428. The Morgan fingerprint density at radius 1 is 1.16 bits per heavy atom. The Balaban J connectivity index is 1.39. The molecule has 0 saturated carbocycles. The van der Waals surface area contributed by atoms with Gasteiger partial charge in [-0.25, -0.2) is 9.67 Å². The molecule has 3 aromatic rings. The summed E-state index contributed by atoms with van der Waals surface area (Å²) in [7, 11) is -2.06. The van der Waals surface area contributed by atoms with E-state index in [4.69, 9.17) is 4.74 Å². The lowest BCUT2D eigenvalue weighted by Gasteiger charge is -2.31. The molecule has 13 nitrogen and oxygen atoms in total. The van der Waals surface area contributed by atoms with Crippen molar-refractivity contribution in [1.29, 1.82) is 0 Å². The van der Waals surface area contributed by atoms with Crippen LogP contribution >= 0.6 is 0 Å². The number of tetrazole rings is 1. The zero-order valence-electron chi connectivity index (χ0n) is 21.2. The molecule has 0 spiro atoms. The van der Waals surface area contributed by atoms with Crippen molar-refractivity contribution < 1.29 is 23.1 Å². The highest BCUT2D eigenvalue weighted by Crippen LogP contribution is 2.31. The van der Waals surface area contributed by atoms with E-state index in [2.05, 4.69) is 25.8 Å². The first kappa shape index (κ1) is 26.2. The van der Waals surface area contributed by atoms with Crippen molar-refractivity contribution >= 4 is 21.9 Å². The van der Waals surface area contributed by atoms with Crippen molar-refractivity contribution in [2.24, 2.45) is 0 Å². The van der Waals surface area contributed by atoms with Crippen molar-refractivity contribution in [1.82, 2.24) is 33.8 Å². The van der Waals surface area contributed by atoms with E-state index < -0.39 is 16.1 Å². The van der Waals surface area contributed by atoms with Crippen LogP contribution in [-0.4, -0.2) is 86.6 Å². The second kappa shape index (κ2) is 10.7. The Kier molecular flexibility index (Phi) is 7.38. The van der Waals surface area contributed by atoms with E-state index in [0.717, 1.165) is 24.0 Å². The standard InChI is InChI=1S/C24H30N8O5S/c1-16(15-33)32-23(27-28-29-32)20-6-5-7-22(25-20)26-24(34)19-12-18-14-31(11-8-17(18)13-21(19)37-2)38(35,36)30-9-3-4-10-30/h5-7,12-13,16,33H,3-4,8-11,14-15H2,1-2H3,(H,25,26,34)/t16-/m1/s1. The number of benzene rings is 1. The number of carbonyl (C=O) groups is 1. The SMILES string of the molecule is COc1cc2c(cc1C(=O)Nc1cccc(-c3nnnn3[C@H](C)CO)n1)CN(S(=O)(=O)N1CCCC1)CC2. The van der Waals surface area contributed by atoms with Gasteiger partial charge in [0.25, 0.3) is 16.1 Å². The largest absolute Gasteiger partial charge is 0.496 e. The van der Waals surface area contributed by atoms with Crippen LogP contribution < -0.4 is 10.1 Å². The predicted octanol–water partition coefficient (Wildman–Crippen LogP) is 1.25. The summed E-state index contributed by atoms with van der Waals surface area (Å²) in [4.78, 5) is 17.8. The molecule has 2 aliphatic rings. The molecule has 4 heterocycles. The molecule has 0 radical (unpaired) electrons. The molecule has 1 aromatic carbocycles. The number of carbonyl (C=O) groups excluding carboxylic acids is 1. The number of aliphatic hydroxyl groups excluding tert-OH is 1. The highest BCUT2D eigenvalue weighted by atomic mass is 32.2. The van der Waals surface area contributed by atoms with Gasteiger partial charge in [0.2, 0.25) is 5.82 Å². The van der Waals surface area contributed by atoms with E-state index in [1.165, 1.54) is 20.4 Å². The van der Waals surface area contributed by atoms with Crippen LogP contribution in [0, 0.1) is 0 Å². The van der Waals surface area contributed by atoms with Gasteiger partial charge >= 0.3 is 0 Å². The molecule has 1 atom stereocenters. The fourth-order valence-corrected chi connectivity index (χ4v) is 6.41. The molecular formula is C24H30N8O5S. The third-order valence-electron chi connectivity index (χ3n) is 6.86. The maximum Gasteiger partial charge on any atom is 0.282 e. The Labute approximate surface area is 220 Å². The van der Waals surface area contributed by atoms with E-state index >= 15 is 0 Å². The van der Waals surface area contributed by atoms with E-state index in [9.17, 15) is 18.3 Å². The normalized spacial score (nSPS) is 17.2. The molecule has 2 aliphatic heterocycles. The highest BCUT2D eigenvalue weighted by molar-refractivity contribution is 7.86. The van der Waals surface area contributed by atoms with Crippen LogP contribution in [0.2, 0.25) is 0 Å².